The zero-order valence-electron chi connectivity index (χ0n) is 11.5. The van der Waals surface area contributed by atoms with Gasteiger partial charge in [0.2, 0.25) is 0 Å². The molecule has 2 rings (SSSR count). The van der Waals surface area contributed by atoms with E-state index in [2.05, 4.69) is 0 Å². The van der Waals surface area contributed by atoms with Crippen LogP contribution in [0.3, 0.4) is 0 Å². The molecule has 2 saturated heterocycles. The standard InChI is InChI=1S/C13H22N2O4/c1-3-11-8-19-9(2)6-15(11)13(18)14-5-4-10(7-14)12(16)17/h9-11H,3-8H2,1-2H3,(H,16,17). The third-order valence-corrected chi connectivity index (χ3v) is 3.99. The van der Waals surface area contributed by atoms with E-state index in [1.54, 1.807) is 4.90 Å². The molecule has 0 aromatic heterocycles. The van der Waals surface area contributed by atoms with Gasteiger partial charge in [-0.25, -0.2) is 4.79 Å². The molecule has 108 valence electrons. The summed E-state index contributed by atoms with van der Waals surface area (Å²) >= 11 is 0. The predicted molar refractivity (Wildman–Crippen MR) is 68.9 cm³/mol. The van der Waals surface area contributed by atoms with Crippen LogP contribution >= 0.6 is 0 Å². The van der Waals surface area contributed by atoms with Crippen molar-refractivity contribution in [2.75, 3.05) is 26.2 Å². The van der Waals surface area contributed by atoms with Crippen LogP contribution in [0.5, 0.6) is 0 Å². The average Bonchev–Trinajstić information content (AvgIpc) is 2.87. The number of carbonyl (C=O) groups excluding carboxylic acids is 1. The maximum Gasteiger partial charge on any atom is 0.320 e. The molecule has 1 N–H and O–H groups in total. The topological polar surface area (TPSA) is 70.1 Å². The summed E-state index contributed by atoms with van der Waals surface area (Å²) in [7, 11) is 0. The lowest BCUT2D eigenvalue weighted by Crippen LogP contribution is -2.55. The summed E-state index contributed by atoms with van der Waals surface area (Å²) in [6.07, 6.45) is 1.46. The molecule has 0 saturated carbocycles. The van der Waals surface area contributed by atoms with Gasteiger partial charge >= 0.3 is 12.0 Å². The van der Waals surface area contributed by atoms with E-state index in [0.29, 0.717) is 32.7 Å². The minimum absolute atomic E-state index is 0.0363. The molecule has 0 radical (unpaired) electrons. The highest BCUT2D eigenvalue weighted by molar-refractivity contribution is 5.78. The first-order valence-corrected chi connectivity index (χ1v) is 6.92. The number of carbonyl (C=O) groups is 2. The molecule has 2 heterocycles. The third-order valence-electron chi connectivity index (χ3n) is 3.99. The van der Waals surface area contributed by atoms with Crippen molar-refractivity contribution in [2.24, 2.45) is 5.92 Å². The molecule has 2 fully saturated rings. The Morgan fingerprint density at radius 1 is 1.37 bits per heavy atom. The van der Waals surface area contributed by atoms with Gasteiger partial charge < -0.3 is 19.6 Å². The highest BCUT2D eigenvalue weighted by Crippen LogP contribution is 2.22. The normalized spacial score (nSPS) is 31.6. The number of morpholine rings is 1. The fourth-order valence-electron chi connectivity index (χ4n) is 2.73. The van der Waals surface area contributed by atoms with Crippen LogP contribution in [0.2, 0.25) is 0 Å². The summed E-state index contributed by atoms with van der Waals surface area (Å²) in [5.74, 6) is -1.22. The summed E-state index contributed by atoms with van der Waals surface area (Å²) < 4.78 is 5.58. The van der Waals surface area contributed by atoms with Crippen molar-refractivity contribution in [1.82, 2.24) is 9.80 Å². The number of ether oxygens (including phenoxy) is 1. The second kappa shape index (κ2) is 5.77. The van der Waals surface area contributed by atoms with Crippen LogP contribution < -0.4 is 0 Å². The number of nitrogens with zero attached hydrogens (tertiary/aromatic N) is 2. The van der Waals surface area contributed by atoms with E-state index in [1.807, 2.05) is 18.7 Å². The molecule has 0 aromatic rings. The number of rotatable bonds is 2. The Bertz CT molecular complexity index is 361. The van der Waals surface area contributed by atoms with Crippen LogP contribution in [0.1, 0.15) is 26.7 Å². The lowest BCUT2D eigenvalue weighted by molar-refractivity contribution is -0.141. The summed E-state index contributed by atoms with van der Waals surface area (Å²) in [5.41, 5.74) is 0. The summed E-state index contributed by atoms with van der Waals surface area (Å²) in [6.45, 7) is 6.02. The van der Waals surface area contributed by atoms with E-state index in [1.165, 1.54) is 0 Å². The highest BCUT2D eigenvalue weighted by atomic mass is 16.5. The van der Waals surface area contributed by atoms with Crippen LogP contribution in [0.15, 0.2) is 0 Å². The monoisotopic (exact) mass is 270 g/mol. The van der Waals surface area contributed by atoms with Gasteiger partial charge in [0.05, 0.1) is 24.7 Å². The van der Waals surface area contributed by atoms with Gasteiger partial charge in [0.1, 0.15) is 0 Å². The van der Waals surface area contributed by atoms with Crippen molar-refractivity contribution in [3.05, 3.63) is 0 Å². The lowest BCUT2D eigenvalue weighted by Gasteiger charge is -2.40. The van der Waals surface area contributed by atoms with E-state index in [-0.39, 0.29) is 18.2 Å². The van der Waals surface area contributed by atoms with Crippen LogP contribution in [-0.4, -0.2) is 65.3 Å². The number of carboxylic acid groups (broad SMARTS) is 1. The van der Waals surface area contributed by atoms with E-state index < -0.39 is 11.9 Å². The first kappa shape index (κ1) is 14.1. The minimum Gasteiger partial charge on any atom is -0.481 e. The Hall–Kier alpha value is -1.30. The molecule has 0 bridgehead atoms. The van der Waals surface area contributed by atoms with Gasteiger partial charge in [0.15, 0.2) is 0 Å². The number of aliphatic carboxylic acids is 1. The molecular weight excluding hydrogens is 248 g/mol. The SMILES string of the molecule is CCC1COC(C)CN1C(=O)N1CCC(C(=O)O)C1. The first-order valence-electron chi connectivity index (χ1n) is 6.92. The van der Waals surface area contributed by atoms with Gasteiger partial charge in [-0.3, -0.25) is 4.79 Å². The maximum atomic E-state index is 12.5. The number of urea groups is 1. The zero-order valence-corrected chi connectivity index (χ0v) is 11.5. The van der Waals surface area contributed by atoms with E-state index in [4.69, 9.17) is 9.84 Å². The lowest BCUT2D eigenvalue weighted by atomic mass is 10.1. The van der Waals surface area contributed by atoms with Gasteiger partial charge in [-0.1, -0.05) is 6.92 Å². The van der Waals surface area contributed by atoms with Crippen molar-refractivity contribution in [2.45, 2.75) is 38.8 Å². The Morgan fingerprint density at radius 2 is 2.11 bits per heavy atom. The fraction of sp³-hybridized carbons (Fsp3) is 0.846. The van der Waals surface area contributed by atoms with E-state index in [9.17, 15) is 9.59 Å². The summed E-state index contributed by atoms with van der Waals surface area (Å²) in [6, 6.07) is 0.0679. The Kier molecular flexibility index (Phi) is 4.29. The molecule has 3 unspecified atom stereocenters. The molecular formula is C13H22N2O4. The van der Waals surface area contributed by atoms with Gasteiger partial charge in [-0.05, 0) is 19.8 Å². The molecule has 6 heteroatoms. The van der Waals surface area contributed by atoms with Crippen molar-refractivity contribution in [1.29, 1.82) is 0 Å². The molecule has 0 spiro atoms. The molecule has 0 aromatic carbocycles. The first-order chi connectivity index (χ1) is 9.02. The largest absolute Gasteiger partial charge is 0.481 e. The highest BCUT2D eigenvalue weighted by Gasteiger charge is 2.37. The van der Waals surface area contributed by atoms with Crippen molar-refractivity contribution < 1.29 is 19.4 Å². The van der Waals surface area contributed by atoms with E-state index in [0.717, 1.165) is 6.42 Å². The van der Waals surface area contributed by atoms with Gasteiger partial charge in [0.25, 0.3) is 0 Å². The molecule has 19 heavy (non-hydrogen) atoms. The van der Waals surface area contributed by atoms with Crippen molar-refractivity contribution in [3.8, 4) is 0 Å². The van der Waals surface area contributed by atoms with Crippen LogP contribution in [-0.2, 0) is 9.53 Å². The van der Waals surface area contributed by atoms with Crippen molar-refractivity contribution in [3.63, 3.8) is 0 Å². The number of hydrogen-bond donors (Lipinski definition) is 1. The van der Waals surface area contributed by atoms with Crippen LogP contribution in [0.25, 0.3) is 0 Å². The van der Waals surface area contributed by atoms with Crippen molar-refractivity contribution >= 4 is 12.0 Å². The average molecular weight is 270 g/mol. The number of hydrogen-bond acceptors (Lipinski definition) is 3. The fourth-order valence-corrected chi connectivity index (χ4v) is 2.73. The number of likely N-dealkylation sites (tertiary alicyclic amines) is 1. The quantitative estimate of drug-likeness (QED) is 0.813. The molecule has 6 nitrogen and oxygen atoms in total. The Balaban J connectivity index is 2.00. The second-order valence-corrected chi connectivity index (χ2v) is 5.41. The zero-order chi connectivity index (χ0) is 14.0. The molecule has 0 aliphatic carbocycles. The third kappa shape index (κ3) is 3.00. The molecule has 2 aliphatic heterocycles. The number of amides is 2. The maximum absolute atomic E-state index is 12.5. The predicted octanol–water partition coefficient (Wildman–Crippen LogP) is 1.01. The molecule has 2 aliphatic rings. The van der Waals surface area contributed by atoms with Gasteiger partial charge in [-0.2, -0.15) is 0 Å². The second-order valence-electron chi connectivity index (χ2n) is 5.41. The van der Waals surface area contributed by atoms with Crippen LogP contribution in [0, 0.1) is 5.92 Å². The Labute approximate surface area is 113 Å². The van der Waals surface area contributed by atoms with E-state index >= 15 is 0 Å². The minimum atomic E-state index is -0.808. The van der Waals surface area contributed by atoms with Gasteiger partial charge in [-0.15, -0.1) is 0 Å². The Morgan fingerprint density at radius 3 is 2.68 bits per heavy atom. The van der Waals surface area contributed by atoms with Crippen LogP contribution in [0.4, 0.5) is 4.79 Å². The molecule has 2 amide bonds. The van der Waals surface area contributed by atoms with Gasteiger partial charge in [0, 0.05) is 19.6 Å². The summed E-state index contributed by atoms with van der Waals surface area (Å²) in [4.78, 5) is 26.9. The summed E-state index contributed by atoms with van der Waals surface area (Å²) in [5, 5.41) is 8.99. The number of carboxylic acids is 1. The molecule has 3 atom stereocenters. The smallest absolute Gasteiger partial charge is 0.320 e.